The number of benzene rings is 2. The van der Waals surface area contributed by atoms with E-state index >= 15 is 0 Å². The Bertz CT molecular complexity index is 1010. The number of nitrogens with zero attached hydrogens (tertiary/aromatic N) is 3. The molecule has 2 N–H and O–H groups in total. The quantitative estimate of drug-likeness (QED) is 0.553. The molecule has 0 bridgehead atoms. The highest BCUT2D eigenvalue weighted by molar-refractivity contribution is 5.84. The number of piperidine rings is 1. The van der Waals surface area contributed by atoms with Crippen molar-refractivity contribution in [2.24, 2.45) is 0 Å². The predicted octanol–water partition coefficient (Wildman–Crippen LogP) is 3.90. The molecule has 4 rings (SSSR count). The second-order valence-electron chi connectivity index (χ2n) is 8.91. The van der Waals surface area contributed by atoms with Crippen molar-refractivity contribution >= 4 is 11.9 Å². The van der Waals surface area contributed by atoms with Gasteiger partial charge in [-0.25, -0.2) is 9.97 Å². The first-order chi connectivity index (χ1) is 16.0. The fourth-order valence-corrected chi connectivity index (χ4v) is 4.38. The minimum Gasteiger partial charge on any atom is -0.351 e. The Balaban J connectivity index is 1.37. The molecule has 6 nitrogen and oxygen atoms in total. The van der Waals surface area contributed by atoms with E-state index in [0.29, 0.717) is 12.4 Å². The monoisotopic (exact) mass is 443 g/mol. The molecule has 1 atom stereocenters. The minimum atomic E-state index is -0.434. The Morgan fingerprint density at radius 3 is 2.12 bits per heavy atom. The van der Waals surface area contributed by atoms with Crippen LogP contribution >= 0.6 is 0 Å². The van der Waals surface area contributed by atoms with Crippen molar-refractivity contribution in [1.82, 2.24) is 20.2 Å². The van der Waals surface area contributed by atoms with Crippen molar-refractivity contribution in [3.05, 3.63) is 89.2 Å². The summed E-state index contributed by atoms with van der Waals surface area (Å²) in [6.45, 7) is 6.81. The highest BCUT2D eigenvalue weighted by Gasteiger charge is 2.25. The summed E-state index contributed by atoms with van der Waals surface area (Å²) in [5.74, 6) is 0.504. The van der Waals surface area contributed by atoms with Gasteiger partial charge in [0.2, 0.25) is 11.9 Å². The van der Waals surface area contributed by atoms with E-state index in [9.17, 15) is 4.79 Å². The number of aromatic nitrogens is 2. The number of rotatable bonds is 8. The first-order valence-electron chi connectivity index (χ1n) is 11.7. The van der Waals surface area contributed by atoms with Gasteiger partial charge in [0.1, 0.15) is 6.04 Å². The van der Waals surface area contributed by atoms with Gasteiger partial charge in [0.15, 0.2) is 0 Å². The summed E-state index contributed by atoms with van der Waals surface area (Å²) in [6.07, 6.45) is 2.49. The van der Waals surface area contributed by atoms with Crippen LogP contribution in [-0.4, -0.2) is 45.9 Å². The lowest BCUT2D eigenvalue weighted by Gasteiger charge is -2.33. The number of hydrogen-bond acceptors (Lipinski definition) is 5. The van der Waals surface area contributed by atoms with E-state index in [1.54, 1.807) is 0 Å². The molecule has 0 radical (unpaired) electrons. The van der Waals surface area contributed by atoms with Gasteiger partial charge < -0.3 is 10.6 Å². The van der Waals surface area contributed by atoms with Crippen LogP contribution in [0.2, 0.25) is 0 Å². The molecule has 3 aromatic rings. The summed E-state index contributed by atoms with van der Waals surface area (Å²) >= 11 is 0. The second-order valence-corrected chi connectivity index (χ2v) is 8.91. The molecule has 1 fully saturated rings. The lowest BCUT2D eigenvalue weighted by atomic mass is 10.0. The number of amides is 1. The van der Waals surface area contributed by atoms with Gasteiger partial charge in [-0.15, -0.1) is 0 Å². The average molecular weight is 444 g/mol. The molecule has 33 heavy (non-hydrogen) atoms. The van der Waals surface area contributed by atoms with Crippen LogP contribution in [0.4, 0.5) is 5.95 Å². The summed E-state index contributed by atoms with van der Waals surface area (Å²) in [5.41, 5.74) is 4.21. The van der Waals surface area contributed by atoms with E-state index in [4.69, 9.17) is 0 Å². The van der Waals surface area contributed by atoms with Crippen LogP contribution in [0.25, 0.3) is 0 Å². The van der Waals surface area contributed by atoms with E-state index in [-0.39, 0.29) is 11.9 Å². The Morgan fingerprint density at radius 1 is 0.939 bits per heavy atom. The fraction of sp³-hybridized carbons (Fsp3) is 0.370. The Kier molecular flexibility index (Phi) is 7.68. The minimum absolute atomic E-state index is 0.00289. The van der Waals surface area contributed by atoms with E-state index in [1.807, 2.05) is 56.3 Å². The van der Waals surface area contributed by atoms with Gasteiger partial charge in [-0.05, 0) is 43.9 Å². The number of hydrogen-bond donors (Lipinski definition) is 2. The molecule has 1 amide bonds. The van der Waals surface area contributed by atoms with Gasteiger partial charge in [-0.1, -0.05) is 60.7 Å². The average Bonchev–Trinajstić information content (AvgIpc) is 2.81. The van der Waals surface area contributed by atoms with Crippen molar-refractivity contribution in [1.29, 1.82) is 0 Å². The summed E-state index contributed by atoms with van der Waals surface area (Å²) in [6, 6.07) is 22.3. The van der Waals surface area contributed by atoms with Crippen molar-refractivity contribution in [2.75, 3.05) is 18.4 Å². The predicted molar refractivity (Wildman–Crippen MR) is 132 cm³/mol. The number of carbonyl (C=O) groups is 1. The smallest absolute Gasteiger partial charge is 0.243 e. The fourth-order valence-electron chi connectivity index (χ4n) is 4.38. The highest BCUT2D eigenvalue weighted by atomic mass is 16.2. The van der Waals surface area contributed by atoms with Gasteiger partial charge in [-0.2, -0.15) is 0 Å². The van der Waals surface area contributed by atoms with Crippen molar-refractivity contribution in [3.63, 3.8) is 0 Å². The molecule has 0 spiro atoms. The van der Waals surface area contributed by atoms with Gasteiger partial charge >= 0.3 is 0 Å². The van der Waals surface area contributed by atoms with E-state index in [1.165, 1.54) is 5.56 Å². The van der Waals surface area contributed by atoms with Crippen molar-refractivity contribution in [3.8, 4) is 0 Å². The molecule has 0 saturated carbocycles. The zero-order valence-corrected chi connectivity index (χ0v) is 19.5. The number of anilines is 1. The first-order valence-corrected chi connectivity index (χ1v) is 11.7. The second kappa shape index (κ2) is 11.1. The van der Waals surface area contributed by atoms with Crippen molar-refractivity contribution < 1.29 is 4.79 Å². The summed E-state index contributed by atoms with van der Waals surface area (Å²) in [5, 5.41) is 6.58. The largest absolute Gasteiger partial charge is 0.351 e. The van der Waals surface area contributed by atoms with E-state index in [0.717, 1.165) is 49.4 Å². The maximum atomic E-state index is 13.3. The Morgan fingerprint density at radius 2 is 1.52 bits per heavy atom. The normalized spacial score (nSPS) is 15.7. The van der Waals surface area contributed by atoms with Crippen LogP contribution in [0.15, 0.2) is 66.7 Å². The van der Waals surface area contributed by atoms with E-state index < -0.39 is 6.04 Å². The van der Waals surface area contributed by atoms with Crippen LogP contribution in [0.3, 0.4) is 0 Å². The van der Waals surface area contributed by atoms with Gasteiger partial charge in [-0.3, -0.25) is 9.69 Å². The van der Waals surface area contributed by atoms with Gasteiger partial charge in [0.25, 0.3) is 0 Å². The topological polar surface area (TPSA) is 70.2 Å². The summed E-state index contributed by atoms with van der Waals surface area (Å²) in [7, 11) is 0. The maximum Gasteiger partial charge on any atom is 0.243 e. The lowest BCUT2D eigenvalue weighted by Crippen LogP contribution is -2.49. The molecule has 1 aliphatic heterocycles. The molecular weight excluding hydrogens is 410 g/mol. The third kappa shape index (κ3) is 6.86. The van der Waals surface area contributed by atoms with E-state index in [2.05, 4.69) is 49.8 Å². The first kappa shape index (κ1) is 22.9. The van der Waals surface area contributed by atoms with Crippen LogP contribution in [0.5, 0.6) is 0 Å². The Hall–Kier alpha value is -3.25. The third-order valence-electron chi connectivity index (χ3n) is 6.07. The SMILES string of the molecule is Cc1cc(C)nc(N[C@@H](Cc2ccccc2)C(=O)NC2CCN(Cc3ccccc3)CC2)n1. The molecule has 1 aromatic heterocycles. The lowest BCUT2D eigenvalue weighted by molar-refractivity contribution is -0.122. The molecule has 172 valence electrons. The van der Waals surface area contributed by atoms with Crippen LogP contribution in [0, 0.1) is 13.8 Å². The molecule has 0 aliphatic carbocycles. The number of nitrogens with one attached hydrogen (secondary N) is 2. The van der Waals surface area contributed by atoms with Gasteiger partial charge in [0, 0.05) is 43.5 Å². The number of likely N-dealkylation sites (tertiary alicyclic amines) is 1. The zero-order chi connectivity index (χ0) is 23.0. The van der Waals surface area contributed by atoms with Gasteiger partial charge in [0.05, 0.1) is 0 Å². The summed E-state index contributed by atoms with van der Waals surface area (Å²) in [4.78, 5) is 24.8. The molecule has 1 aliphatic rings. The molecule has 2 heterocycles. The summed E-state index contributed by atoms with van der Waals surface area (Å²) < 4.78 is 0. The molecule has 0 unspecified atom stereocenters. The molecule has 1 saturated heterocycles. The van der Waals surface area contributed by atoms with Crippen LogP contribution in [0.1, 0.15) is 35.4 Å². The van der Waals surface area contributed by atoms with Crippen LogP contribution < -0.4 is 10.6 Å². The number of aryl methyl sites for hydroxylation is 2. The Labute approximate surface area is 196 Å². The number of carbonyl (C=O) groups excluding carboxylic acids is 1. The van der Waals surface area contributed by atoms with Crippen LogP contribution in [-0.2, 0) is 17.8 Å². The molecule has 6 heteroatoms. The maximum absolute atomic E-state index is 13.3. The molecular formula is C27H33N5O. The highest BCUT2D eigenvalue weighted by Crippen LogP contribution is 2.15. The zero-order valence-electron chi connectivity index (χ0n) is 19.5. The van der Waals surface area contributed by atoms with Crippen molar-refractivity contribution in [2.45, 2.75) is 51.7 Å². The standard InChI is InChI=1S/C27H33N5O/c1-20-17-21(2)29-27(28-20)31-25(18-22-9-5-3-6-10-22)26(33)30-24-13-15-32(16-14-24)19-23-11-7-4-8-12-23/h3-12,17,24-25H,13-16,18-19H2,1-2H3,(H,30,33)(H,28,29,31)/t25-/m0/s1. The molecule has 2 aromatic carbocycles. The third-order valence-corrected chi connectivity index (χ3v) is 6.07.